The van der Waals surface area contributed by atoms with Gasteiger partial charge in [-0.1, -0.05) is 31.2 Å². The number of carbonyl (C=O) groups is 1. The molecule has 0 radical (unpaired) electrons. The Morgan fingerprint density at radius 3 is 2.47 bits per heavy atom. The van der Waals surface area contributed by atoms with Crippen LogP contribution in [0, 0.1) is 0 Å². The average Bonchev–Trinajstić information content (AvgIpc) is 2.66. The van der Waals surface area contributed by atoms with Crippen molar-refractivity contribution < 1.29 is 4.79 Å². The molecule has 0 saturated heterocycles. The number of ketones is 1. The normalized spacial score (nSPS) is 18.7. The Bertz CT molecular complexity index is 384. The van der Waals surface area contributed by atoms with Crippen LogP contribution in [0.2, 0.25) is 0 Å². The van der Waals surface area contributed by atoms with Crippen molar-refractivity contribution in [2.75, 3.05) is 0 Å². The van der Waals surface area contributed by atoms with Gasteiger partial charge < -0.3 is 0 Å². The lowest BCUT2D eigenvalue weighted by atomic mass is 10.1. The van der Waals surface area contributed by atoms with Gasteiger partial charge >= 0.3 is 0 Å². The number of rotatable bonds is 2. The molecule has 0 spiro atoms. The molecule has 0 unspecified atom stereocenters. The monoisotopic (exact) mass is 200 g/mol. The molecular formula is C14H16O. The summed E-state index contributed by atoms with van der Waals surface area (Å²) in [6.07, 6.45) is 5.81. The molecule has 1 fully saturated rings. The van der Waals surface area contributed by atoms with Crippen LogP contribution in [0.5, 0.6) is 0 Å². The predicted molar refractivity (Wildman–Crippen MR) is 62.7 cm³/mol. The molecule has 0 aromatic heterocycles. The Balaban J connectivity index is 2.20. The SMILES string of the molecule is CCc1ccc(/C=C2\CCCC2=O)cc1. The molecule has 1 aromatic carbocycles. The highest BCUT2D eigenvalue weighted by Gasteiger charge is 2.16. The van der Waals surface area contributed by atoms with Crippen LogP contribution >= 0.6 is 0 Å². The molecule has 0 bridgehead atoms. The molecule has 1 aliphatic rings. The van der Waals surface area contributed by atoms with Gasteiger partial charge in [0.05, 0.1) is 0 Å². The summed E-state index contributed by atoms with van der Waals surface area (Å²) >= 11 is 0. The van der Waals surface area contributed by atoms with Gasteiger partial charge in [-0.2, -0.15) is 0 Å². The molecule has 0 N–H and O–H groups in total. The van der Waals surface area contributed by atoms with E-state index in [0.717, 1.165) is 36.8 Å². The van der Waals surface area contributed by atoms with Gasteiger partial charge in [0.25, 0.3) is 0 Å². The zero-order chi connectivity index (χ0) is 10.7. The Hall–Kier alpha value is -1.37. The molecule has 1 heteroatoms. The topological polar surface area (TPSA) is 17.1 Å². The van der Waals surface area contributed by atoms with Gasteiger partial charge in [0.1, 0.15) is 0 Å². The van der Waals surface area contributed by atoms with Crippen molar-refractivity contribution in [3.8, 4) is 0 Å². The standard InChI is InChI=1S/C14H16O/c1-2-11-6-8-12(9-7-11)10-13-4-3-5-14(13)15/h6-10H,2-5H2,1H3/b13-10+. The molecule has 1 saturated carbocycles. The van der Waals surface area contributed by atoms with Gasteiger partial charge in [0, 0.05) is 6.42 Å². The lowest BCUT2D eigenvalue weighted by Gasteiger charge is -1.99. The maximum Gasteiger partial charge on any atom is 0.158 e. The van der Waals surface area contributed by atoms with Crippen molar-refractivity contribution >= 4 is 11.9 Å². The van der Waals surface area contributed by atoms with E-state index in [2.05, 4.69) is 31.2 Å². The first kappa shape index (κ1) is 10.2. The van der Waals surface area contributed by atoms with Crippen LogP contribution in [-0.4, -0.2) is 5.78 Å². The summed E-state index contributed by atoms with van der Waals surface area (Å²) in [5, 5.41) is 0. The maximum absolute atomic E-state index is 11.4. The van der Waals surface area contributed by atoms with E-state index in [1.54, 1.807) is 0 Å². The van der Waals surface area contributed by atoms with Crippen molar-refractivity contribution in [2.24, 2.45) is 0 Å². The maximum atomic E-state index is 11.4. The summed E-state index contributed by atoms with van der Waals surface area (Å²) in [6.45, 7) is 2.15. The quantitative estimate of drug-likeness (QED) is 0.669. The molecule has 1 aliphatic carbocycles. The van der Waals surface area contributed by atoms with Gasteiger partial charge in [-0.05, 0) is 42.0 Å². The highest BCUT2D eigenvalue weighted by Crippen LogP contribution is 2.22. The Morgan fingerprint density at radius 2 is 1.93 bits per heavy atom. The van der Waals surface area contributed by atoms with Crippen LogP contribution in [0.4, 0.5) is 0 Å². The molecular weight excluding hydrogens is 184 g/mol. The number of hydrogen-bond donors (Lipinski definition) is 0. The molecule has 15 heavy (non-hydrogen) atoms. The third-order valence-electron chi connectivity index (χ3n) is 2.94. The van der Waals surface area contributed by atoms with Gasteiger partial charge in [-0.15, -0.1) is 0 Å². The van der Waals surface area contributed by atoms with Crippen LogP contribution in [0.15, 0.2) is 29.8 Å². The summed E-state index contributed by atoms with van der Waals surface area (Å²) in [5.74, 6) is 0.328. The summed E-state index contributed by atoms with van der Waals surface area (Å²) in [7, 11) is 0. The van der Waals surface area contributed by atoms with Crippen molar-refractivity contribution in [1.82, 2.24) is 0 Å². The second kappa shape index (κ2) is 4.43. The van der Waals surface area contributed by atoms with E-state index < -0.39 is 0 Å². The fraction of sp³-hybridized carbons (Fsp3) is 0.357. The largest absolute Gasteiger partial charge is 0.295 e. The van der Waals surface area contributed by atoms with E-state index in [9.17, 15) is 4.79 Å². The molecule has 78 valence electrons. The van der Waals surface area contributed by atoms with Gasteiger partial charge in [0.15, 0.2) is 5.78 Å². The van der Waals surface area contributed by atoms with Gasteiger partial charge in [0.2, 0.25) is 0 Å². The number of allylic oxidation sites excluding steroid dienone is 1. The first-order chi connectivity index (χ1) is 7.29. The van der Waals surface area contributed by atoms with Crippen molar-refractivity contribution in [2.45, 2.75) is 32.6 Å². The van der Waals surface area contributed by atoms with E-state index in [-0.39, 0.29) is 0 Å². The number of aryl methyl sites for hydroxylation is 1. The molecule has 0 amide bonds. The summed E-state index contributed by atoms with van der Waals surface area (Å²) in [6, 6.07) is 8.45. The Morgan fingerprint density at radius 1 is 1.20 bits per heavy atom. The number of hydrogen-bond acceptors (Lipinski definition) is 1. The molecule has 1 nitrogen and oxygen atoms in total. The third-order valence-corrected chi connectivity index (χ3v) is 2.94. The molecule has 0 atom stereocenters. The van der Waals surface area contributed by atoms with Crippen molar-refractivity contribution in [3.63, 3.8) is 0 Å². The molecule has 0 aliphatic heterocycles. The van der Waals surface area contributed by atoms with Crippen LogP contribution < -0.4 is 0 Å². The van der Waals surface area contributed by atoms with E-state index in [0.29, 0.717) is 5.78 Å². The first-order valence-electron chi connectivity index (χ1n) is 5.62. The second-order valence-electron chi connectivity index (χ2n) is 4.04. The first-order valence-corrected chi connectivity index (χ1v) is 5.62. The average molecular weight is 200 g/mol. The minimum absolute atomic E-state index is 0.328. The van der Waals surface area contributed by atoms with Crippen molar-refractivity contribution in [3.05, 3.63) is 41.0 Å². The van der Waals surface area contributed by atoms with Crippen LogP contribution in [-0.2, 0) is 11.2 Å². The smallest absolute Gasteiger partial charge is 0.158 e. The lowest BCUT2D eigenvalue weighted by Crippen LogP contribution is -1.90. The van der Waals surface area contributed by atoms with Crippen molar-refractivity contribution in [1.29, 1.82) is 0 Å². The summed E-state index contributed by atoms with van der Waals surface area (Å²) in [4.78, 5) is 11.4. The number of carbonyl (C=O) groups excluding carboxylic acids is 1. The lowest BCUT2D eigenvalue weighted by molar-refractivity contribution is -0.114. The fourth-order valence-corrected chi connectivity index (χ4v) is 1.94. The molecule has 1 aromatic rings. The number of benzene rings is 1. The van der Waals surface area contributed by atoms with E-state index in [1.165, 1.54) is 5.56 Å². The third kappa shape index (κ3) is 2.35. The number of Topliss-reactive ketones (excluding diaryl/α,β-unsaturated/α-hetero) is 1. The second-order valence-corrected chi connectivity index (χ2v) is 4.04. The Kier molecular flexibility index (Phi) is 3.00. The fourth-order valence-electron chi connectivity index (χ4n) is 1.94. The zero-order valence-electron chi connectivity index (χ0n) is 9.12. The van der Waals surface area contributed by atoms with E-state index in [1.807, 2.05) is 6.08 Å². The van der Waals surface area contributed by atoms with Gasteiger partial charge in [-0.3, -0.25) is 4.79 Å². The minimum Gasteiger partial charge on any atom is -0.295 e. The summed E-state index contributed by atoms with van der Waals surface area (Å²) < 4.78 is 0. The molecule has 2 rings (SSSR count). The van der Waals surface area contributed by atoms with Crippen LogP contribution in [0.3, 0.4) is 0 Å². The van der Waals surface area contributed by atoms with Crippen LogP contribution in [0.25, 0.3) is 6.08 Å². The van der Waals surface area contributed by atoms with E-state index in [4.69, 9.17) is 0 Å². The van der Waals surface area contributed by atoms with E-state index >= 15 is 0 Å². The zero-order valence-corrected chi connectivity index (χ0v) is 9.12. The summed E-state index contributed by atoms with van der Waals surface area (Å²) in [5.41, 5.74) is 3.49. The van der Waals surface area contributed by atoms with Crippen LogP contribution in [0.1, 0.15) is 37.3 Å². The predicted octanol–water partition coefficient (Wildman–Crippen LogP) is 3.39. The highest BCUT2D eigenvalue weighted by atomic mass is 16.1. The van der Waals surface area contributed by atoms with Gasteiger partial charge in [-0.25, -0.2) is 0 Å². The Labute approximate surface area is 90.8 Å². The highest BCUT2D eigenvalue weighted by molar-refractivity contribution is 6.01. The minimum atomic E-state index is 0.328. The molecule has 0 heterocycles.